The van der Waals surface area contributed by atoms with Gasteiger partial charge in [-0.3, -0.25) is 4.79 Å². The van der Waals surface area contributed by atoms with Crippen LogP contribution in [-0.4, -0.2) is 15.9 Å². The number of halogens is 3. The number of alkyl halides is 3. The van der Waals surface area contributed by atoms with Crippen LogP contribution in [0.5, 0.6) is 0 Å². The maximum atomic E-state index is 12.7. The van der Waals surface area contributed by atoms with E-state index in [1.54, 1.807) is 12.1 Å². The Morgan fingerprint density at radius 2 is 1.94 bits per heavy atom. The molecule has 1 aromatic heterocycles. The second-order valence-electron chi connectivity index (χ2n) is 3.55. The highest BCUT2D eigenvalue weighted by molar-refractivity contribution is 6.21. The van der Waals surface area contributed by atoms with Crippen molar-refractivity contribution in [1.29, 1.82) is 0 Å². The van der Waals surface area contributed by atoms with Gasteiger partial charge in [-0.1, -0.05) is 29.4 Å². The largest absolute Gasteiger partial charge is 0.400 e. The van der Waals surface area contributed by atoms with E-state index in [0.717, 1.165) is 0 Å². The van der Waals surface area contributed by atoms with Crippen molar-refractivity contribution in [2.75, 3.05) is 0 Å². The first-order valence-electron chi connectivity index (χ1n) is 4.90. The number of ketones is 1. The van der Waals surface area contributed by atoms with Gasteiger partial charge >= 0.3 is 11.3 Å². The third-order valence-corrected chi connectivity index (χ3v) is 2.38. The van der Waals surface area contributed by atoms with E-state index >= 15 is 0 Å². The van der Waals surface area contributed by atoms with Gasteiger partial charge in [-0.25, -0.2) is 0 Å². The smallest absolute Gasteiger partial charge is 0.331 e. The number of benzene rings is 1. The predicted molar refractivity (Wildman–Crippen MR) is 59.5 cm³/mol. The molecule has 94 valence electrons. The van der Waals surface area contributed by atoms with E-state index in [4.69, 9.17) is 11.6 Å². The standard InChI is InChI=1S/C11H7ClF2N2O2/c1-6(17)7-2-4-8(5-3-7)9-15-10(18-16-9)11(12,13)14/h2-5H,1H3. The van der Waals surface area contributed by atoms with Crippen molar-refractivity contribution < 1.29 is 18.1 Å². The zero-order valence-corrected chi connectivity index (χ0v) is 9.91. The van der Waals surface area contributed by atoms with Crippen molar-refractivity contribution in [2.45, 2.75) is 12.3 Å². The number of rotatable bonds is 3. The Kier molecular flexibility index (Phi) is 3.13. The van der Waals surface area contributed by atoms with Gasteiger partial charge in [0, 0.05) is 11.1 Å². The molecule has 18 heavy (non-hydrogen) atoms. The van der Waals surface area contributed by atoms with Crippen LogP contribution in [0.1, 0.15) is 23.2 Å². The molecular formula is C11H7ClF2N2O2. The fraction of sp³-hybridized carbons (Fsp3) is 0.182. The van der Waals surface area contributed by atoms with Crippen LogP contribution in [-0.2, 0) is 5.38 Å². The number of hydrogen-bond donors (Lipinski definition) is 0. The van der Waals surface area contributed by atoms with E-state index in [9.17, 15) is 13.6 Å². The Balaban J connectivity index is 2.32. The molecule has 0 aliphatic heterocycles. The maximum Gasteiger partial charge on any atom is 0.400 e. The first-order chi connectivity index (χ1) is 8.38. The van der Waals surface area contributed by atoms with Crippen LogP contribution in [0.25, 0.3) is 11.4 Å². The second kappa shape index (κ2) is 4.45. The van der Waals surface area contributed by atoms with Gasteiger partial charge in [0.25, 0.3) is 0 Å². The molecule has 4 nitrogen and oxygen atoms in total. The van der Waals surface area contributed by atoms with E-state index in [-0.39, 0.29) is 11.6 Å². The van der Waals surface area contributed by atoms with Gasteiger partial charge in [0.1, 0.15) is 0 Å². The molecule has 1 heterocycles. The summed E-state index contributed by atoms with van der Waals surface area (Å²) in [5.41, 5.74) is 0.959. The van der Waals surface area contributed by atoms with Gasteiger partial charge in [0.05, 0.1) is 0 Å². The van der Waals surface area contributed by atoms with E-state index in [2.05, 4.69) is 14.7 Å². The zero-order chi connectivity index (χ0) is 13.3. The molecule has 0 saturated heterocycles. The van der Waals surface area contributed by atoms with Gasteiger partial charge in [-0.15, -0.1) is 0 Å². The SMILES string of the molecule is CC(=O)c1ccc(-c2noc(C(F)(F)Cl)n2)cc1. The summed E-state index contributed by atoms with van der Waals surface area (Å²) in [6, 6.07) is 6.18. The summed E-state index contributed by atoms with van der Waals surface area (Å²) in [7, 11) is 0. The highest BCUT2D eigenvalue weighted by atomic mass is 35.5. The average molecular weight is 273 g/mol. The first-order valence-corrected chi connectivity index (χ1v) is 5.28. The summed E-state index contributed by atoms with van der Waals surface area (Å²) in [6.45, 7) is 1.43. The Morgan fingerprint density at radius 3 is 2.39 bits per heavy atom. The molecule has 0 spiro atoms. The van der Waals surface area contributed by atoms with Crippen molar-refractivity contribution in [3.63, 3.8) is 0 Å². The number of carbonyl (C=O) groups excluding carboxylic acids is 1. The minimum absolute atomic E-state index is 0.0135. The molecule has 7 heteroatoms. The van der Waals surface area contributed by atoms with E-state index in [1.165, 1.54) is 19.1 Å². The third kappa shape index (κ3) is 2.53. The Bertz CT molecular complexity index is 575. The number of aromatic nitrogens is 2. The van der Waals surface area contributed by atoms with Gasteiger partial charge < -0.3 is 4.52 Å². The molecule has 0 radical (unpaired) electrons. The molecule has 0 amide bonds. The summed E-state index contributed by atoms with van der Waals surface area (Å²) in [5, 5.41) is -0.298. The molecule has 0 saturated carbocycles. The number of carbonyl (C=O) groups is 1. The molecular weight excluding hydrogens is 266 g/mol. The lowest BCUT2D eigenvalue weighted by Gasteiger charge is -1.98. The van der Waals surface area contributed by atoms with Crippen LogP contribution in [0.3, 0.4) is 0 Å². The topological polar surface area (TPSA) is 56.0 Å². The van der Waals surface area contributed by atoms with Crippen molar-refractivity contribution in [3.05, 3.63) is 35.7 Å². The molecule has 0 N–H and O–H groups in total. The summed E-state index contributed by atoms with van der Waals surface area (Å²) in [6.07, 6.45) is 0. The lowest BCUT2D eigenvalue weighted by Crippen LogP contribution is -2.03. The minimum atomic E-state index is -3.69. The van der Waals surface area contributed by atoms with E-state index in [0.29, 0.717) is 11.1 Å². The van der Waals surface area contributed by atoms with Crippen molar-refractivity contribution in [1.82, 2.24) is 10.1 Å². The molecule has 2 rings (SSSR count). The van der Waals surface area contributed by atoms with Gasteiger partial charge in [0.2, 0.25) is 5.82 Å². The van der Waals surface area contributed by atoms with Crippen LogP contribution in [0, 0.1) is 0 Å². The quantitative estimate of drug-likeness (QED) is 0.636. The fourth-order valence-corrected chi connectivity index (χ4v) is 1.39. The molecule has 0 aliphatic rings. The third-order valence-electron chi connectivity index (χ3n) is 2.22. The van der Waals surface area contributed by atoms with Gasteiger partial charge in [0.15, 0.2) is 5.78 Å². The highest BCUT2D eigenvalue weighted by Crippen LogP contribution is 2.32. The molecule has 0 unspecified atom stereocenters. The lowest BCUT2D eigenvalue weighted by atomic mass is 10.1. The van der Waals surface area contributed by atoms with Crippen LogP contribution in [0.4, 0.5) is 8.78 Å². The first kappa shape index (κ1) is 12.6. The molecule has 0 atom stereocenters. The summed E-state index contributed by atoms with van der Waals surface area (Å²) in [4.78, 5) is 14.5. The summed E-state index contributed by atoms with van der Waals surface area (Å²) in [5.74, 6) is -1.07. The lowest BCUT2D eigenvalue weighted by molar-refractivity contribution is 0.0551. The van der Waals surface area contributed by atoms with Gasteiger partial charge in [-0.05, 0) is 18.5 Å². The minimum Gasteiger partial charge on any atom is -0.331 e. The van der Waals surface area contributed by atoms with Crippen molar-refractivity contribution in [2.24, 2.45) is 0 Å². The van der Waals surface area contributed by atoms with Crippen LogP contribution >= 0.6 is 11.6 Å². The van der Waals surface area contributed by atoms with Gasteiger partial charge in [-0.2, -0.15) is 13.8 Å². The number of hydrogen-bond acceptors (Lipinski definition) is 4. The summed E-state index contributed by atoms with van der Waals surface area (Å²) < 4.78 is 29.7. The molecule has 0 aliphatic carbocycles. The van der Waals surface area contributed by atoms with Crippen LogP contribution < -0.4 is 0 Å². The fourth-order valence-electron chi connectivity index (χ4n) is 1.31. The molecule has 1 aromatic carbocycles. The molecule has 0 fully saturated rings. The van der Waals surface area contributed by atoms with E-state index in [1.807, 2.05) is 0 Å². The monoisotopic (exact) mass is 272 g/mol. The van der Waals surface area contributed by atoms with Crippen LogP contribution in [0.15, 0.2) is 28.8 Å². The number of Topliss-reactive ketones (excluding diaryl/α,β-unsaturated/α-hetero) is 1. The van der Waals surface area contributed by atoms with Crippen molar-refractivity contribution >= 4 is 17.4 Å². The number of nitrogens with zero attached hydrogens (tertiary/aromatic N) is 2. The Hall–Kier alpha value is -1.82. The average Bonchev–Trinajstić information content (AvgIpc) is 2.78. The normalized spacial score (nSPS) is 11.6. The predicted octanol–water partition coefficient (Wildman–Crippen LogP) is 3.23. The molecule has 2 aromatic rings. The second-order valence-corrected chi connectivity index (χ2v) is 4.03. The highest BCUT2D eigenvalue weighted by Gasteiger charge is 2.35. The summed E-state index contributed by atoms with van der Waals surface area (Å²) >= 11 is 4.75. The zero-order valence-electron chi connectivity index (χ0n) is 9.15. The Morgan fingerprint density at radius 1 is 1.33 bits per heavy atom. The Labute approximate surface area is 106 Å². The maximum absolute atomic E-state index is 12.7. The molecule has 0 bridgehead atoms. The van der Waals surface area contributed by atoms with E-state index < -0.39 is 11.3 Å². The van der Waals surface area contributed by atoms with Crippen molar-refractivity contribution in [3.8, 4) is 11.4 Å². The van der Waals surface area contributed by atoms with Crippen LogP contribution in [0.2, 0.25) is 0 Å².